The van der Waals surface area contributed by atoms with E-state index in [1.165, 1.54) is 22.3 Å². The molecule has 2 N–H and O–H groups in total. The van der Waals surface area contributed by atoms with Crippen LogP contribution in [0.3, 0.4) is 0 Å². The first-order chi connectivity index (χ1) is 8.49. The minimum absolute atomic E-state index is 0.320. The van der Waals surface area contributed by atoms with E-state index in [0.717, 1.165) is 6.42 Å². The zero-order valence-corrected chi connectivity index (χ0v) is 11.4. The third kappa shape index (κ3) is 2.80. The maximum Gasteiger partial charge on any atom is 0.0421 e. The Morgan fingerprint density at radius 2 is 1.61 bits per heavy atom. The van der Waals surface area contributed by atoms with Crippen molar-refractivity contribution in [3.05, 3.63) is 70.8 Å². The summed E-state index contributed by atoms with van der Waals surface area (Å²) in [6.45, 7) is 6.37. The van der Waals surface area contributed by atoms with Crippen molar-refractivity contribution in [1.29, 1.82) is 0 Å². The van der Waals surface area contributed by atoms with Crippen LogP contribution in [0.2, 0.25) is 0 Å². The third-order valence-corrected chi connectivity index (χ3v) is 3.58. The molecule has 2 rings (SSSR count). The molecule has 94 valence electrons. The highest BCUT2D eigenvalue weighted by atomic mass is 14.7. The first-order valence-corrected chi connectivity index (χ1v) is 6.39. The SMILES string of the molecule is Cc1ccc(C(C)(N)Cc2ccccc2)cc1C. The zero-order chi connectivity index (χ0) is 13.2. The van der Waals surface area contributed by atoms with Gasteiger partial charge in [-0.25, -0.2) is 0 Å². The normalized spacial score (nSPS) is 14.2. The van der Waals surface area contributed by atoms with E-state index in [9.17, 15) is 0 Å². The average Bonchev–Trinajstić information content (AvgIpc) is 2.33. The van der Waals surface area contributed by atoms with Gasteiger partial charge in [0.05, 0.1) is 0 Å². The van der Waals surface area contributed by atoms with E-state index in [1.54, 1.807) is 0 Å². The molecule has 0 saturated heterocycles. The van der Waals surface area contributed by atoms with Crippen LogP contribution in [0.25, 0.3) is 0 Å². The quantitative estimate of drug-likeness (QED) is 0.868. The highest BCUT2D eigenvalue weighted by Crippen LogP contribution is 2.24. The molecule has 0 aliphatic carbocycles. The molecular formula is C17H21N. The summed E-state index contributed by atoms with van der Waals surface area (Å²) in [6.07, 6.45) is 0.857. The van der Waals surface area contributed by atoms with E-state index in [-0.39, 0.29) is 5.54 Å². The lowest BCUT2D eigenvalue weighted by Crippen LogP contribution is -2.35. The van der Waals surface area contributed by atoms with Gasteiger partial charge in [-0.2, -0.15) is 0 Å². The lowest BCUT2D eigenvalue weighted by molar-refractivity contribution is 0.491. The molecule has 0 heterocycles. The number of hydrogen-bond acceptors (Lipinski definition) is 1. The van der Waals surface area contributed by atoms with Gasteiger partial charge in [-0.15, -0.1) is 0 Å². The van der Waals surface area contributed by atoms with Crippen molar-refractivity contribution < 1.29 is 0 Å². The summed E-state index contributed by atoms with van der Waals surface area (Å²) in [5, 5.41) is 0. The summed E-state index contributed by atoms with van der Waals surface area (Å²) in [7, 11) is 0. The summed E-state index contributed by atoms with van der Waals surface area (Å²) in [5.74, 6) is 0. The van der Waals surface area contributed by atoms with E-state index in [1.807, 2.05) is 6.07 Å². The molecule has 1 unspecified atom stereocenters. The largest absolute Gasteiger partial charge is 0.321 e. The van der Waals surface area contributed by atoms with Gasteiger partial charge >= 0.3 is 0 Å². The number of nitrogens with two attached hydrogens (primary N) is 1. The highest BCUT2D eigenvalue weighted by Gasteiger charge is 2.21. The van der Waals surface area contributed by atoms with Crippen molar-refractivity contribution >= 4 is 0 Å². The molecule has 0 radical (unpaired) electrons. The van der Waals surface area contributed by atoms with E-state index in [0.29, 0.717) is 0 Å². The second kappa shape index (κ2) is 4.95. The van der Waals surface area contributed by atoms with Crippen LogP contribution in [-0.4, -0.2) is 0 Å². The standard InChI is InChI=1S/C17H21N/c1-13-9-10-16(11-14(13)2)17(3,18)12-15-7-5-4-6-8-15/h4-11H,12,18H2,1-3H3. The van der Waals surface area contributed by atoms with Crippen LogP contribution < -0.4 is 5.73 Å². The Bertz CT molecular complexity index is 527. The molecule has 0 saturated carbocycles. The Labute approximate surface area is 110 Å². The van der Waals surface area contributed by atoms with Gasteiger partial charge in [0.25, 0.3) is 0 Å². The minimum Gasteiger partial charge on any atom is -0.321 e. The lowest BCUT2D eigenvalue weighted by Gasteiger charge is -2.26. The molecule has 0 aromatic heterocycles. The van der Waals surface area contributed by atoms with Gasteiger partial charge in [0.1, 0.15) is 0 Å². The predicted molar refractivity (Wildman–Crippen MR) is 77.6 cm³/mol. The molecule has 1 nitrogen and oxygen atoms in total. The minimum atomic E-state index is -0.320. The highest BCUT2D eigenvalue weighted by molar-refractivity contribution is 5.35. The number of rotatable bonds is 3. The number of aryl methyl sites for hydroxylation is 2. The van der Waals surface area contributed by atoms with Crippen LogP contribution in [0.4, 0.5) is 0 Å². The van der Waals surface area contributed by atoms with Crippen molar-refractivity contribution in [1.82, 2.24) is 0 Å². The Kier molecular flexibility index (Phi) is 3.53. The van der Waals surface area contributed by atoms with Gasteiger partial charge in [0.15, 0.2) is 0 Å². The van der Waals surface area contributed by atoms with Crippen LogP contribution in [0.15, 0.2) is 48.5 Å². The van der Waals surface area contributed by atoms with E-state index < -0.39 is 0 Å². The number of hydrogen-bond donors (Lipinski definition) is 1. The molecule has 2 aromatic carbocycles. The topological polar surface area (TPSA) is 26.0 Å². The summed E-state index contributed by atoms with van der Waals surface area (Å²) >= 11 is 0. The summed E-state index contributed by atoms with van der Waals surface area (Å²) in [4.78, 5) is 0. The molecule has 0 bridgehead atoms. The lowest BCUT2D eigenvalue weighted by atomic mass is 9.85. The van der Waals surface area contributed by atoms with Gasteiger partial charge in [-0.1, -0.05) is 48.5 Å². The summed E-state index contributed by atoms with van der Waals surface area (Å²) in [5.41, 5.74) is 11.3. The first-order valence-electron chi connectivity index (χ1n) is 6.39. The molecule has 2 aromatic rings. The fraction of sp³-hybridized carbons (Fsp3) is 0.294. The maximum atomic E-state index is 6.49. The molecule has 0 aliphatic rings. The van der Waals surface area contributed by atoms with Crippen molar-refractivity contribution in [3.63, 3.8) is 0 Å². The molecule has 0 aliphatic heterocycles. The van der Waals surface area contributed by atoms with Crippen LogP contribution in [0.1, 0.15) is 29.2 Å². The van der Waals surface area contributed by atoms with E-state index >= 15 is 0 Å². The van der Waals surface area contributed by atoms with Crippen molar-refractivity contribution in [2.24, 2.45) is 5.73 Å². The Balaban J connectivity index is 2.27. The fourth-order valence-corrected chi connectivity index (χ4v) is 2.22. The van der Waals surface area contributed by atoms with Crippen LogP contribution in [0.5, 0.6) is 0 Å². The maximum absolute atomic E-state index is 6.49. The average molecular weight is 239 g/mol. The van der Waals surface area contributed by atoms with Gasteiger partial charge in [0, 0.05) is 5.54 Å². The second-order valence-electron chi connectivity index (χ2n) is 5.38. The van der Waals surface area contributed by atoms with Gasteiger partial charge in [-0.05, 0) is 49.4 Å². The fourth-order valence-electron chi connectivity index (χ4n) is 2.22. The van der Waals surface area contributed by atoms with Gasteiger partial charge < -0.3 is 5.73 Å². The van der Waals surface area contributed by atoms with E-state index in [2.05, 4.69) is 63.2 Å². The second-order valence-corrected chi connectivity index (χ2v) is 5.38. The van der Waals surface area contributed by atoms with Crippen molar-refractivity contribution in [2.75, 3.05) is 0 Å². The van der Waals surface area contributed by atoms with Crippen molar-refractivity contribution in [2.45, 2.75) is 32.7 Å². The third-order valence-electron chi connectivity index (χ3n) is 3.58. The molecule has 18 heavy (non-hydrogen) atoms. The Morgan fingerprint density at radius 1 is 0.944 bits per heavy atom. The van der Waals surface area contributed by atoms with Crippen molar-refractivity contribution in [3.8, 4) is 0 Å². The number of benzene rings is 2. The summed E-state index contributed by atoms with van der Waals surface area (Å²) < 4.78 is 0. The van der Waals surface area contributed by atoms with Gasteiger partial charge in [-0.3, -0.25) is 0 Å². The van der Waals surface area contributed by atoms with E-state index in [4.69, 9.17) is 5.73 Å². The molecule has 0 amide bonds. The van der Waals surface area contributed by atoms with Crippen LogP contribution in [-0.2, 0) is 12.0 Å². The molecule has 0 fully saturated rings. The molecule has 1 heteroatoms. The summed E-state index contributed by atoms with van der Waals surface area (Å²) in [6, 6.07) is 16.9. The monoisotopic (exact) mass is 239 g/mol. The zero-order valence-electron chi connectivity index (χ0n) is 11.4. The van der Waals surface area contributed by atoms with Crippen LogP contribution in [0, 0.1) is 13.8 Å². The van der Waals surface area contributed by atoms with Gasteiger partial charge in [0.2, 0.25) is 0 Å². The molecule has 1 atom stereocenters. The predicted octanol–water partition coefficient (Wildman–Crippen LogP) is 3.72. The Hall–Kier alpha value is -1.60. The van der Waals surface area contributed by atoms with Crippen LogP contribution >= 0.6 is 0 Å². The molecule has 0 spiro atoms. The smallest absolute Gasteiger partial charge is 0.0421 e. The molecular weight excluding hydrogens is 218 g/mol. The Morgan fingerprint density at radius 3 is 2.22 bits per heavy atom. The first kappa shape index (κ1) is 12.8.